The standard InChI is InChI=1S/C18H25N3/c1-15-13-20-21(14-15)12-11-19-18-10-6-5-9-17(18)16-7-3-2-4-8-16/h2-4,7-8,13-14,17-19H,5-6,9-12H2,1H3. The van der Waals surface area contributed by atoms with Crippen LogP contribution in [0.2, 0.25) is 0 Å². The normalized spacial score (nSPS) is 22.3. The van der Waals surface area contributed by atoms with Gasteiger partial charge in [0.1, 0.15) is 0 Å². The monoisotopic (exact) mass is 283 g/mol. The first kappa shape index (κ1) is 14.3. The molecule has 0 radical (unpaired) electrons. The third kappa shape index (κ3) is 3.73. The van der Waals surface area contributed by atoms with Gasteiger partial charge in [0, 0.05) is 18.8 Å². The lowest BCUT2D eigenvalue weighted by molar-refractivity contribution is 0.322. The van der Waals surface area contributed by atoms with Gasteiger partial charge in [0.25, 0.3) is 0 Å². The summed E-state index contributed by atoms with van der Waals surface area (Å²) >= 11 is 0. The van der Waals surface area contributed by atoms with Gasteiger partial charge < -0.3 is 5.32 Å². The van der Waals surface area contributed by atoms with Crippen LogP contribution in [0.5, 0.6) is 0 Å². The molecule has 21 heavy (non-hydrogen) atoms. The highest BCUT2D eigenvalue weighted by Gasteiger charge is 2.25. The van der Waals surface area contributed by atoms with E-state index in [1.165, 1.54) is 36.8 Å². The number of hydrogen-bond donors (Lipinski definition) is 1. The Balaban J connectivity index is 1.57. The van der Waals surface area contributed by atoms with E-state index in [9.17, 15) is 0 Å². The van der Waals surface area contributed by atoms with Crippen LogP contribution in [-0.2, 0) is 6.54 Å². The van der Waals surface area contributed by atoms with Crippen LogP contribution < -0.4 is 5.32 Å². The molecule has 3 nitrogen and oxygen atoms in total. The summed E-state index contributed by atoms with van der Waals surface area (Å²) < 4.78 is 2.03. The van der Waals surface area contributed by atoms with Crippen LogP contribution in [0.15, 0.2) is 42.7 Å². The van der Waals surface area contributed by atoms with Gasteiger partial charge in [-0.1, -0.05) is 43.2 Å². The number of nitrogens with zero attached hydrogens (tertiary/aromatic N) is 2. The first-order valence-electron chi connectivity index (χ1n) is 8.10. The average molecular weight is 283 g/mol. The molecule has 1 fully saturated rings. The Kier molecular flexibility index (Phi) is 4.71. The van der Waals surface area contributed by atoms with Crippen LogP contribution in [0, 0.1) is 6.92 Å². The Morgan fingerprint density at radius 3 is 2.76 bits per heavy atom. The van der Waals surface area contributed by atoms with E-state index < -0.39 is 0 Å². The molecule has 2 atom stereocenters. The third-order valence-electron chi connectivity index (χ3n) is 4.50. The smallest absolute Gasteiger partial charge is 0.0534 e. The lowest BCUT2D eigenvalue weighted by Crippen LogP contribution is -2.38. The highest BCUT2D eigenvalue weighted by molar-refractivity contribution is 5.22. The summed E-state index contributed by atoms with van der Waals surface area (Å²) in [5.41, 5.74) is 2.72. The first-order valence-corrected chi connectivity index (χ1v) is 8.10. The zero-order valence-electron chi connectivity index (χ0n) is 12.8. The van der Waals surface area contributed by atoms with E-state index in [0.29, 0.717) is 12.0 Å². The van der Waals surface area contributed by atoms with Gasteiger partial charge in [0.2, 0.25) is 0 Å². The maximum absolute atomic E-state index is 4.35. The van der Waals surface area contributed by atoms with E-state index >= 15 is 0 Å². The Bertz CT molecular complexity index is 547. The van der Waals surface area contributed by atoms with Gasteiger partial charge in [0.05, 0.1) is 12.7 Å². The molecular formula is C18H25N3. The van der Waals surface area contributed by atoms with Crippen molar-refractivity contribution in [2.24, 2.45) is 0 Å². The highest BCUT2D eigenvalue weighted by atomic mass is 15.3. The van der Waals surface area contributed by atoms with Crippen LogP contribution in [0.1, 0.15) is 42.7 Å². The fraction of sp³-hybridized carbons (Fsp3) is 0.500. The minimum absolute atomic E-state index is 0.609. The molecule has 1 heterocycles. The molecule has 0 saturated heterocycles. The van der Waals surface area contributed by atoms with E-state index in [0.717, 1.165) is 13.1 Å². The van der Waals surface area contributed by atoms with Gasteiger partial charge in [-0.3, -0.25) is 4.68 Å². The molecule has 0 spiro atoms. The number of nitrogens with one attached hydrogen (secondary N) is 1. The second kappa shape index (κ2) is 6.90. The zero-order valence-corrected chi connectivity index (χ0v) is 12.8. The molecular weight excluding hydrogens is 258 g/mol. The number of hydrogen-bond acceptors (Lipinski definition) is 2. The van der Waals surface area contributed by atoms with Crippen molar-refractivity contribution in [3.05, 3.63) is 53.9 Å². The van der Waals surface area contributed by atoms with E-state index in [2.05, 4.69) is 53.9 Å². The molecule has 3 rings (SSSR count). The summed E-state index contributed by atoms with van der Waals surface area (Å²) in [4.78, 5) is 0. The maximum Gasteiger partial charge on any atom is 0.0534 e. The van der Waals surface area contributed by atoms with Crippen LogP contribution in [0.3, 0.4) is 0 Å². The molecule has 1 aromatic heterocycles. The molecule has 0 bridgehead atoms. The molecule has 1 N–H and O–H groups in total. The van der Waals surface area contributed by atoms with Crippen molar-refractivity contribution in [3.63, 3.8) is 0 Å². The summed E-state index contributed by atoms with van der Waals surface area (Å²) in [5, 5.41) is 8.12. The molecule has 1 aliphatic rings. The van der Waals surface area contributed by atoms with Gasteiger partial charge >= 0.3 is 0 Å². The highest BCUT2D eigenvalue weighted by Crippen LogP contribution is 2.32. The molecule has 0 aliphatic heterocycles. The number of aryl methyl sites for hydroxylation is 1. The molecule has 2 aromatic rings. The molecule has 2 unspecified atom stereocenters. The van der Waals surface area contributed by atoms with Gasteiger partial charge in [-0.05, 0) is 36.8 Å². The van der Waals surface area contributed by atoms with Crippen LogP contribution in [-0.4, -0.2) is 22.4 Å². The van der Waals surface area contributed by atoms with Crippen molar-refractivity contribution in [1.29, 1.82) is 0 Å². The topological polar surface area (TPSA) is 29.9 Å². The average Bonchev–Trinajstić information content (AvgIpc) is 2.94. The van der Waals surface area contributed by atoms with E-state index in [-0.39, 0.29) is 0 Å². The predicted molar refractivity (Wildman–Crippen MR) is 86.4 cm³/mol. The Morgan fingerprint density at radius 1 is 1.19 bits per heavy atom. The summed E-state index contributed by atoms with van der Waals surface area (Å²) in [7, 11) is 0. The van der Waals surface area contributed by atoms with Crippen molar-refractivity contribution in [3.8, 4) is 0 Å². The fourth-order valence-corrected chi connectivity index (χ4v) is 3.43. The first-order chi connectivity index (χ1) is 10.3. The summed E-state index contributed by atoms with van der Waals surface area (Å²) in [6.45, 7) is 4.03. The van der Waals surface area contributed by atoms with E-state index in [4.69, 9.17) is 0 Å². The lowest BCUT2D eigenvalue weighted by Gasteiger charge is -2.32. The Labute approximate surface area is 127 Å². The van der Waals surface area contributed by atoms with Gasteiger partial charge in [0.15, 0.2) is 0 Å². The molecule has 1 saturated carbocycles. The summed E-state index contributed by atoms with van der Waals surface area (Å²) in [5.74, 6) is 0.666. The summed E-state index contributed by atoms with van der Waals surface area (Å²) in [6, 6.07) is 11.6. The van der Waals surface area contributed by atoms with Gasteiger partial charge in [-0.2, -0.15) is 5.10 Å². The molecule has 112 valence electrons. The molecule has 0 amide bonds. The fourth-order valence-electron chi connectivity index (χ4n) is 3.43. The van der Waals surface area contributed by atoms with Gasteiger partial charge in [-0.15, -0.1) is 0 Å². The number of benzene rings is 1. The lowest BCUT2D eigenvalue weighted by atomic mass is 9.80. The SMILES string of the molecule is Cc1cnn(CCNC2CCCCC2c2ccccc2)c1. The van der Waals surface area contributed by atoms with E-state index in [1.807, 2.05) is 10.9 Å². The molecule has 3 heteroatoms. The van der Waals surface area contributed by atoms with Crippen molar-refractivity contribution in [1.82, 2.24) is 15.1 Å². The van der Waals surface area contributed by atoms with Crippen molar-refractivity contribution < 1.29 is 0 Å². The number of rotatable bonds is 5. The van der Waals surface area contributed by atoms with Crippen molar-refractivity contribution >= 4 is 0 Å². The zero-order chi connectivity index (χ0) is 14.5. The Morgan fingerprint density at radius 2 is 2.00 bits per heavy atom. The van der Waals surface area contributed by atoms with Crippen molar-refractivity contribution in [2.75, 3.05) is 6.54 Å². The minimum atomic E-state index is 0.609. The third-order valence-corrected chi connectivity index (χ3v) is 4.50. The largest absolute Gasteiger partial charge is 0.312 e. The summed E-state index contributed by atoms with van der Waals surface area (Å²) in [6.07, 6.45) is 9.34. The quantitative estimate of drug-likeness (QED) is 0.910. The van der Waals surface area contributed by atoms with Gasteiger partial charge in [-0.25, -0.2) is 0 Å². The number of aromatic nitrogens is 2. The van der Waals surface area contributed by atoms with Crippen LogP contribution in [0.4, 0.5) is 0 Å². The van der Waals surface area contributed by atoms with Crippen molar-refractivity contribution in [2.45, 2.75) is 51.1 Å². The molecule has 1 aliphatic carbocycles. The Hall–Kier alpha value is -1.61. The second-order valence-electron chi connectivity index (χ2n) is 6.14. The molecule has 1 aromatic carbocycles. The maximum atomic E-state index is 4.35. The minimum Gasteiger partial charge on any atom is -0.312 e. The van der Waals surface area contributed by atoms with Crippen LogP contribution in [0.25, 0.3) is 0 Å². The van der Waals surface area contributed by atoms with E-state index in [1.54, 1.807) is 0 Å². The van der Waals surface area contributed by atoms with Crippen LogP contribution >= 0.6 is 0 Å². The predicted octanol–water partition coefficient (Wildman–Crippen LogP) is 3.51. The second-order valence-corrected chi connectivity index (χ2v) is 6.14.